The molecule has 1 amide bonds. The molecule has 0 saturated carbocycles. The molecule has 160 valence electrons. The minimum absolute atomic E-state index is 0.0441. The lowest BCUT2D eigenvalue weighted by molar-refractivity contribution is 0.0568. The van der Waals surface area contributed by atoms with Crippen LogP contribution in [0.4, 0.5) is 5.69 Å². The molecule has 31 heavy (non-hydrogen) atoms. The van der Waals surface area contributed by atoms with E-state index in [1.54, 1.807) is 41.3 Å². The van der Waals surface area contributed by atoms with Gasteiger partial charge in [0.05, 0.1) is 23.2 Å². The quantitative estimate of drug-likeness (QED) is 0.666. The van der Waals surface area contributed by atoms with Crippen LogP contribution in [-0.2, 0) is 16.4 Å². The maximum atomic E-state index is 13.3. The van der Waals surface area contributed by atoms with Crippen molar-refractivity contribution < 1.29 is 18.3 Å². The molecule has 0 saturated heterocycles. The molecule has 0 bridgehead atoms. The first kappa shape index (κ1) is 21.1. The van der Waals surface area contributed by atoms with Crippen molar-refractivity contribution in [3.63, 3.8) is 0 Å². The highest BCUT2D eigenvalue weighted by Crippen LogP contribution is 2.31. The highest BCUT2D eigenvalue weighted by molar-refractivity contribution is 7.92. The van der Waals surface area contributed by atoms with Crippen molar-refractivity contribution in [2.24, 2.45) is 0 Å². The molecule has 0 radical (unpaired) electrons. The van der Waals surface area contributed by atoms with Crippen LogP contribution in [0.2, 0.25) is 0 Å². The summed E-state index contributed by atoms with van der Waals surface area (Å²) >= 11 is 0. The largest absolute Gasteiger partial charge is 0.394 e. The molecule has 0 unspecified atom stereocenters. The van der Waals surface area contributed by atoms with Gasteiger partial charge in [0.1, 0.15) is 0 Å². The van der Waals surface area contributed by atoms with Gasteiger partial charge in [0, 0.05) is 19.2 Å². The fourth-order valence-electron chi connectivity index (χ4n) is 3.98. The highest BCUT2D eigenvalue weighted by atomic mass is 32.2. The number of sulfonamides is 1. The van der Waals surface area contributed by atoms with Crippen LogP contribution in [0.5, 0.6) is 0 Å². The summed E-state index contributed by atoms with van der Waals surface area (Å²) in [6, 6.07) is 22.2. The zero-order valence-corrected chi connectivity index (χ0v) is 18.0. The third-order valence-corrected chi connectivity index (χ3v) is 7.49. The van der Waals surface area contributed by atoms with E-state index in [4.69, 9.17) is 0 Å². The van der Waals surface area contributed by atoms with Gasteiger partial charge in [-0.1, -0.05) is 48.5 Å². The zero-order valence-electron chi connectivity index (χ0n) is 17.2. The molecule has 6 nitrogen and oxygen atoms in total. The van der Waals surface area contributed by atoms with E-state index in [1.807, 2.05) is 30.3 Å². The number of nitrogens with zero attached hydrogens (tertiary/aromatic N) is 2. The summed E-state index contributed by atoms with van der Waals surface area (Å²) in [5.74, 6) is -0.298. The Balaban J connectivity index is 1.65. The lowest BCUT2D eigenvalue weighted by atomic mass is 9.92. The van der Waals surface area contributed by atoms with E-state index >= 15 is 0 Å². The Morgan fingerprint density at radius 3 is 2.48 bits per heavy atom. The van der Waals surface area contributed by atoms with Crippen LogP contribution < -0.4 is 4.31 Å². The molecule has 0 spiro atoms. The van der Waals surface area contributed by atoms with E-state index < -0.39 is 16.1 Å². The normalized spacial score (nSPS) is 15.9. The number of anilines is 1. The SMILES string of the molecule is CN(c1ccccc1)S(=O)(=O)c1cccc(C(=O)N2CCc3ccccc3[C@@H]2CO)c1. The number of hydrogen-bond donors (Lipinski definition) is 1. The lowest BCUT2D eigenvalue weighted by Crippen LogP contribution is -2.41. The number of hydrogen-bond acceptors (Lipinski definition) is 4. The topological polar surface area (TPSA) is 77.9 Å². The van der Waals surface area contributed by atoms with E-state index in [2.05, 4.69) is 0 Å². The summed E-state index contributed by atoms with van der Waals surface area (Å²) in [6.45, 7) is 0.263. The molecular weight excluding hydrogens is 412 g/mol. The smallest absolute Gasteiger partial charge is 0.264 e. The summed E-state index contributed by atoms with van der Waals surface area (Å²) in [5, 5.41) is 9.99. The summed E-state index contributed by atoms with van der Waals surface area (Å²) < 4.78 is 27.5. The molecular formula is C24H24N2O4S. The van der Waals surface area contributed by atoms with Crippen molar-refractivity contribution in [3.05, 3.63) is 95.6 Å². The maximum absolute atomic E-state index is 13.3. The van der Waals surface area contributed by atoms with Crippen LogP contribution in [0, 0.1) is 0 Å². The van der Waals surface area contributed by atoms with Crippen molar-refractivity contribution in [2.75, 3.05) is 24.5 Å². The average molecular weight is 437 g/mol. The van der Waals surface area contributed by atoms with Gasteiger partial charge in [-0.15, -0.1) is 0 Å². The second-order valence-electron chi connectivity index (χ2n) is 7.48. The Kier molecular flexibility index (Phi) is 5.80. The fraction of sp³-hybridized carbons (Fsp3) is 0.208. The van der Waals surface area contributed by atoms with E-state index in [0.29, 0.717) is 18.7 Å². The molecule has 3 aromatic rings. The number of carbonyl (C=O) groups is 1. The Hall–Kier alpha value is -3.16. The Labute approximate surface area is 182 Å². The predicted molar refractivity (Wildman–Crippen MR) is 119 cm³/mol. The summed E-state index contributed by atoms with van der Waals surface area (Å²) in [5.41, 5.74) is 2.86. The van der Waals surface area contributed by atoms with Gasteiger partial charge in [0.15, 0.2) is 0 Å². The maximum Gasteiger partial charge on any atom is 0.264 e. The summed E-state index contributed by atoms with van der Waals surface area (Å²) in [4.78, 5) is 15.0. The Bertz CT molecular complexity index is 1190. The highest BCUT2D eigenvalue weighted by Gasteiger charge is 2.31. The average Bonchev–Trinajstić information content (AvgIpc) is 2.82. The van der Waals surface area contributed by atoms with Gasteiger partial charge in [-0.3, -0.25) is 9.10 Å². The molecule has 1 aliphatic rings. The van der Waals surface area contributed by atoms with E-state index in [0.717, 1.165) is 11.1 Å². The van der Waals surface area contributed by atoms with Crippen LogP contribution in [0.1, 0.15) is 27.5 Å². The lowest BCUT2D eigenvalue weighted by Gasteiger charge is -2.36. The van der Waals surface area contributed by atoms with Crippen LogP contribution in [0.3, 0.4) is 0 Å². The van der Waals surface area contributed by atoms with Gasteiger partial charge in [-0.25, -0.2) is 8.42 Å². The standard InChI is InChI=1S/C24H24N2O4S/c1-25(20-10-3-2-4-11-20)31(29,30)21-12-7-9-19(16-21)24(28)26-15-14-18-8-5-6-13-22(18)23(26)17-27/h2-13,16,23,27H,14-15,17H2,1H3/t23-/m0/s1. The third kappa shape index (κ3) is 3.94. The van der Waals surface area contributed by atoms with Gasteiger partial charge >= 0.3 is 0 Å². The van der Waals surface area contributed by atoms with E-state index in [1.165, 1.54) is 23.5 Å². The Morgan fingerprint density at radius 2 is 1.74 bits per heavy atom. The summed E-state index contributed by atoms with van der Waals surface area (Å²) in [7, 11) is -2.34. The van der Waals surface area contributed by atoms with Gasteiger partial charge in [-0.05, 0) is 47.9 Å². The third-order valence-electron chi connectivity index (χ3n) is 5.71. The van der Waals surface area contributed by atoms with Crippen LogP contribution >= 0.6 is 0 Å². The van der Waals surface area contributed by atoms with Crippen molar-refractivity contribution in [3.8, 4) is 0 Å². The van der Waals surface area contributed by atoms with Crippen molar-refractivity contribution in [1.29, 1.82) is 0 Å². The molecule has 1 atom stereocenters. The molecule has 1 N–H and O–H groups in total. The predicted octanol–water partition coefficient (Wildman–Crippen LogP) is 3.24. The number of para-hydroxylation sites is 1. The molecule has 0 aromatic heterocycles. The van der Waals surface area contributed by atoms with Gasteiger partial charge in [0.2, 0.25) is 0 Å². The number of amides is 1. The number of aliphatic hydroxyl groups is 1. The van der Waals surface area contributed by atoms with Gasteiger partial charge in [0.25, 0.3) is 15.9 Å². The molecule has 4 rings (SSSR count). The Morgan fingerprint density at radius 1 is 1.03 bits per heavy atom. The second kappa shape index (κ2) is 8.53. The van der Waals surface area contributed by atoms with E-state index in [9.17, 15) is 18.3 Å². The second-order valence-corrected chi connectivity index (χ2v) is 9.45. The fourth-order valence-corrected chi connectivity index (χ4v) is 5.22. The number of aliphatic hydroxyl groups excluding tert-OH is 1. The first-order valence-corrected chi connectivity index (χ1v) is 11.5. The molecule has 1 aliphatic heterocycles. The molecule has 3 aromatic carbocycles. The van der Waals surface area contributed by atoms with Gasteiger partial charge < -0.3 is 10.0 Å². The number of carbonyl (C=O) groups excluding carboxylic acids is 1. The molecule has 1 heterocycles. The van der Waals surface area contributed by atoms with Crippen LogP contribution in [0.25, 0.3) is 0 Å². The van der Waals surface area contributed by atoms with Crippen molar-refractivity contribution in [2.45, 2.75) is 17.4 Å². The minimum Gasteiger partial charge on any atom is -0.394 e. The monoisotopic (exact) mass is 436 g/mol. The van der Waals surface area contributed by atoms with Crippen molar-refractivity contribution in [1.82, 2.24) is 4.90 Å². The number of benzene rings is 3. The van der Waals surface area contributed by atoms with Crippen LogP contribution in [0.15, 0.2) is 83.8 Å². The molecule has 7 heteroatoms. The first-order valence-electron chi connectivity index (χ1n) is 10.1. The van der Waals surface area contributed by atoms with Crippen molar-refractivity contribution >= 4 is 21.6 Å². The van der Waals surface area contributed by atoms with E-state index in [-0.39, 0.29) is 23.0 Å². The van der Waals surface area contributed by atoms with Crippen LogP contribution in [-0.4, -0.2) is 44.5 Å². The zero-order chi connectivity index (χ0) is 22.0. The number of fused-ring (bicyclic) bond motifs is 1. The summed E-state index contributed by atoms with van der Waals surface area (Å²) in [6.07, 6.45) is 0.688. The number of rotatable bonds is 5. The molecule has 0 aliphatic carbocycles. The molecule has 0 fully saturated rings. The minimum atomic E-state index is -3.83. The van der Waals surface area contributed by atoms with Gasteiger partial charge in [-0.2, -0.15) is 0 Å². The first-order chi connectivity index (χ1) is 14.9.